The zero-order chi connectivity index (χ0) is 22.1. The van der Waals surface area contributed by atoms with E-state index in [-0.39, 0.29) is 29.9 Å². The monoisotopic (exact) mass is 553 g/mol. The Morgan fingerprint density at radius 3 is 2.69 bits per heavy atom. The van der Waals surface area contributed by atoms with Crippen molar-refractivity contribution in [3.8, 4) is 0 Å². The minimum Gasteiger partial charge on any atom is -0.359 e. The Hall–Kier alpha value is -2.10. The zero-order valence-corrected chi connectivity index (χ0v) is 21.7. The molecule has 0 saturated heterocycles. The Kier molecular flexibility index (Phi) is 11.0. The highest BCUT2D eigenvalue weighted by molar-refractivity contribution is 14.0. The van der Waals surface area contributed by atoms with Gasteiger partial charge < -0.3 is 20.1 Å². The van der Waals surface area contributed by atoms with Gasteiger partial charge in [-0.3, -0.25) is 9.79 Å². The number of aromatic nitrogens is 1. The third-order valence-electron chi connectivity index (χ3n) is 5.98. The largest absolute Gasteiger partial charge is 0.359 e. The Morgan fingerprint density at radius 2 is 1.97 bits per heavy atom. The maximum absolute atomic E-state index is 12.6. The van der Waals surface area contributed by atoms with Crippen molar-refractivity contribution in [3.05, 3.63) is 52.9 Å². The zero-order valence-electron chi connectivity index (χ0n) is 19.4. The van der Waals surface area contributed by atoms with Crippen molar-refractivity contribution in [3.63, 3.8) is 0 Å². The van der Waals surface area contributed by atoms with E-state index >= 15 is 0 Å². The molecule has 0 saturated carbocycles. The first-order chi connectivity index (χ1) is 15.1. The quantitative estimate of drug-likeness (QED) is 0.210. The lowest BCUT2D eigenvalue weighted by Crippen LogP contribution is -2.38. The number of aliphatic imine (C=N–C) groups is 1. The molecule has 2 N–H and O–H groups in total. The minimum absolute atomic E-state index is 0. The van der Waals surface area contributed by atoms with E-state index in [1.54, 1.807) is 7.05 Å². The van der Waals surface area contributed by atoms with Gasteiger partial charge in [0.25, 0.3) is 0 Å². The van der Waals surface area contributed by atoms with Crippen LogP contribution in [0.5, 0.6) is 0 Å². The highest BCUT2D eigenvalue weighted by Crippen LogP contribution is 2.22. The van der Waals surface area contributed by atoms with Crippen LogP contribution in [0.15, 0.2) is 39.8 Å². The Morgan fingerprint density at radius 1 is 1.22 bits per heavy atom. The highest BCUT2D eigenvalue weighted by atomic mass is 127. The van der Waals surface area contributed by atoms with Gasteiger partial charge in [-0.2, -0.15) is 0 Å². The third kappa shape index (κ3) is 7.21. The van der Waals surface area contributed by atoms with Crippen LogP contribution in [0.2, 0.25) is 0 Å². The number of fused-ring (bicyclic) bond motifs is 1. The minimum atomic E-state index is 0. The van der Waals surface area contributed by atoms with Crippen LogP contribution in [-0.4, -0.2) is 42.1 Å². The van der Waals surface area contributed by atoms with Crippen LogP contribution in [0.1, 0.15) is 68.0 Å². The predicted octanol–water partition coefficient (Wildman–Crippen LogP) is 4.23. The number of hydrogen-bond donors (Lipinski definition) is 2. The molecule has 176 valence electrons. The van der Waals surface area contributed by atoms with Gasteiger partial charge in [0, 0.05) is 45.1 Å². The number of benzene rings is 1. The lowest BCUT2D eigenvalue weighted by atomic mass is 9.99. The number of carbonyl (C=O) groups is 1. The topological polar surface area (TPSA) is 82.8 Å². The molecule has 7 nitrogen and oxygen atoms in total. The SMILES string of the molecule is CCC(CC)c1cc(CNC(=NC)NCCCC(=O)N2CCc3ccccc3C2)on1.I. The molecule has 0 radical (unpaired) electrons. The molecular formula is C24H36IN5O2. The molecular weight excluding hydrogens is 517 g/mol. The van der Waals surface area contributed by atoms with E-state index in [2.05, 4.69) is 52.8 Å². The van der Waals surface area contributed by atoms with Gasteiger partial charge in [-0.25, -0.2) is 0 Å². The van der Waals surface area contributed by atoms with E-state index in [9.17, 15) is 4.79 Å². The van der Waals surface area contributed by atoms with Crippen LogP contribution in [0.25, 0.3) is 0 Å². The van der Waals surface area contributed by atoms with E-state index in [4.69, 9.17) is 4.52 Å². The van der Waals surface area contributed by atoms with Gasteiger partial charge in [-0.05, 0) is 36.8 Å². The second-order valence-corrected chi connectivity index (χ2v) is 8.02. The Labute approximate surface area is 208 Å². The smallest absolute Gasteiger partial charge is 0.222 e. The summed E-state index contributed by atoms with van der Waals surface area (Å²) in [6.45, 7) is 7.08. The van der Waals surface area contributed by atoms with E-state index < -0.39 is 0 Å². The predicted molar refractivity (Wildman–Crippen MR) is 138 cm³/mol. The Bertz CT molecular complexity index is 879. The number of guanidine groups is 1. The maximum Gasteiger partial charge on any atom is 0.222 e. The molecule has 1 aliphatic rings. The van der Waals surface area contributed by atoms with Crippen LogP contribution in [0.3, 0.4) is 0 Å². The Balaban J connectivity index is 0.00000363. The van der Waals surface area contributed by atoms with Crippen LogP contribution in [0.4, 0.5) is 0 Å². The van der Waals surface area contributed by atoms with Crippen molar-refractivity contribution >= 4 is 35.8 Å². The van der Waals surface area contributed by atoms with Crippen LogP contribution < -0.4 is 10.6 Å². The molecule has 0 unspecified atom stereocenters. The van der Waals surface area contributed by atoms with Crippen molar-refractivity contribution in [1.29, 1.82) is 0 Å². The van der Waals surface area contributed by atoms with Gasteiger partial charge in [0.15, 0.2) is 11.7 Å². The van der Waals surface area contributed by atoms with Gasteiger partial charge in [0.1, 0.15) is 0 Å². The lowest BCUT2D eigenvalue weighted by molar-refractivity contribution is -0.132. The summed E-state index contributed by atoms with van der Waals surface area (Å²) in [5.41, 5.74) is 3.65. The fourth-order valence-corrected chi connectivity index (χ4v) is 4.02. The van der Waals surface area contributed by atoms with E-state index in [1.165, 1.54) is 11.1 Å². The molecule has 1 aliphatic heterocycles. The summed E-state index contributed by atoms with van der Waals surface area (Å²) >= 11 is 0. The van der Waals surface area contributed by atoms with Gasteiger partial charge in [0.2, 0.25) is 5.91 Å². The van der Waals surface area contributed by atoms with Crippen LogP contribution in [-0.2, 0) is 24.3 Å². The fraction of sp³-hybridized carbons (Fsp3) is 0.542. The lowest BCUT2D eigenvalue weighted by Gasteiger charge is -2.29. The number of halogens is 1. The van der Waals surface area contributed by atoms with Crippen molar-refractivity contribution in [2.75, 3.05) is 20.1 Å². The first-order valence-electron chi connectivity index (χ1n) is 11.4. The maximum atomic E-state index is 12.6. The summed E-state index contributed by atoms with van der Waals surface area (Å²) in [6, 6.07) is 10.4. The van der Waals surface area contributed by atoms with Crippen molar-refractivity contribution in [2.24, 2.45) is 4.99 Å². The number of hydrogen-bond acceptors (Lipinski definition) is 4. The number of rotatable bonds is 9. The van der Waals surface area contributed by atoms with Gasteiger partial charge >= 0.3 is 0 Å². The standard InChI is InChI=1S/C24H35N5O2.HI/c1-4-18(5-2)22-15-21(31-28-22)16-27-24(25-3)26-13-8-11-23(30)29-14-12-19-9-6-7-10-20(19)17-29;/h6-7,9-10,15,18H,4-5,8,11-14,16-17H2,1-3H3,(H2,25,26,27);1H. The number of carbonyl (C=O) groups excluding carboxylic acids is 1. The molecule has 3 rings (SSSR count). The molecule has 0 fully saturated rings. The average molecular weight is 553 g/mol. The molecule has 1 aromatic carbocycles. The summed E-state index contributed by atoms with van der Waals surface area (Å²) < 4.78 is 5.45. The molecule has 8 heteroatoms. The van der Waals surface area contributed by atoms with Crippen molar-refractivity contribution < 1.29 is 9.32 Å². The number of nitrogens with zero attached hydrogens (tertiary/aromatic N) is 3. The number of amides is 1. The molecule has 1 aromatic heterocycles. The summed E-state index contributed by atoms with van der Waals surface area (Å²) in [7, 11) is 1.74. The summed E-state index contributed by atoms with van der Waals surface area (Å²) in [5.74, 6) is 2.15. The normalized spacial score (nSPS) is 13.5. The average Bonchev–Trinajstić information content (AvgIpc) is 3.27. The molecule has 2 heterocycles. The second kappa shape index (κ2) is 13.4. The van der Waals surface area contributed by atoms with E-state index in [0.29, 0.717) is 31.4 Å². The fourth-order valence-electron chi connectivity index (χ4n) is 4.02. The summed E-state index contributed by atoms with van der Waals surface area (Å²) in [6.07, 6.45) is 4.35. The first kappa shape index (κ1) is 26.2. The van der Waals surface area contributed by atoms with Gasteiger partial charge in [-0.1, -0.05) is 43.3 Å². The van der Waals surface area contributed by atoms with Crippen molar-refractivity contribution in [2.45, 2.75) is 65.0 Å². The molecule has 32 heavy (non-hydrogen) atoms. The molecule has 0 aliphatic carbocycles. The first-order valence-corrected chi connectivity index (χ1v) is 11.4. The molecule has 0 bridgehead atoms. The highest BCUT2D eigenvalue weighted by Gasteiger charge is 2.19. The van der Waals surface area contributed by atoms with Crippen LogP contribution in [0, 0.1) is 0 Å². The molecule has 1 amide bonds. The molecule has 0 atom stereocenters. The van der Waals surface area contributed by atoms with E-state index in [1.807, 2.05) is 17.0 Å². The summed E-state index contributed by atoms with van der Waals surface area (Å²) in [5, 5.41) is 10.7. The number of nitrogens with one attached hydrogen (secondary N) is 2. The van der Waals surface area contributed by atoms with Gasteiger partial charge in [-0.15, -0.1) is 24.0 Å². The molecule has 2 aromatic rings. The van der Waals surface area contributed by atoms with Crippen LogP contribution >= 0.6 is 24.0 Å². The third-order valence-corrected chi connectivity index (χ3v) is 5.98. The van der Waals surface area contributed by atoms with E-state index in [0.717, 1.165) is 50.2 Å². The van der Waals surface area contributed by atoms with Gasteiger partial charge in [0.05, 0.1) is 12.2 Å². The summed E-state index contributed by atoms with van der Waals surface area (Å²) in [4.78, 5) is 18.8. The second-order valence-electron chi connectivity index (χ2n) is 8.02. The van der Waals surface area contributed by atoms with Crippen molar-refractivity contribution in [1.82, 2.24) is 20.7 Å². The molecule has 0 spiro atoms.